The monoisotopic (exact) mass is 659 g/mol. The van der Waals surface area contributed by atoms with Gasteiger partial charge in [-0.15, -0.1) is 0 Å². The van der Waals surface area contributed by atoms with Crippen LogP contribution in [-0.4, -0.2) is 9.97 Å². The number of anilines is 3. The molecular formula is C44H25N3O4. The second-order valence-electron chi connectivity index (χ2n) is 12.6. The van der Waals surface area contributed by atoms with Crippen LogP contribution >= 0.6 is 0 Å². The van der Waals surface area contributed by atoms with Crippen molar-refractivity contribution in [1.82, 2.24) is 9.97 Å². The predicted octanol–water partition coefficient (Wildman–Crippen LogP) is 12.6. The first-order valence-corrected chi connectivity index (χ1v) is 16.7. The van der Waals surface area contributed by atoms with Crippen molar-refractivity contribution in [1.29, 1.82) is 0 Å². The molecule has 7 aromatic carbocycles. The molecule has 0 spiro atoms. The maximum absolute atomic E-state index is 6.56. The van der Waals surface area contributed by atoms with E-state index in [0.29, 0.717) is 11.8 Å². The molecule has 0 aliphatic rings. The molecule has 4 aromatic heterocycles. The first kappa shape index (κ1) is 27.8. The van der Waals surface area contributed by atoms with Gasteiger partial charge < -0.3 is 22.6 Å². The summed E-state index contributed by atoms with van der Waals surface area (Å²) in [7, 11) is 0. The van der Waals surface area contributed by atoms with Gasteiger partial charge in [-0.1, -0.05) is 42.5 Å². The second kappa shape index (κ2) is 10.7. The molecule has 11 aromatic rings. The van der Waals surface area contributed by atoms with Gasteiger partial charge in [0.2, 0.25) is 11.8 Å². The van der Waals surface area contributed by atoms with E-state index in [1.807, 2.05) is 91.0 Å². The van der Waals surface area contributed by atoms with Crippen molar-refractivity contribution in [3.8, 4) is 22.9 Å². The highest BCUT2D eigenvalue weighted by Crippen LogP contribution is 2.41. The number of oxazole rings is 2. The highest BCUT2D eigenvalue weighted by Gasteiger charge is 2.19. The fraction of sp³-hybridized carbons (Fsp3) is 0. The molecule has 51 heavy (non-hydrogen) atoms. The molecule has 0 unspecified atom stereocenters. The molecule has 7 nitrogen and oxygen atoms in total. The highest BCUT2D eigenvalue weighted by atomic mass is 16.4. The lowest BCUT2D eigenvalue weighted by Crippen LogP contribution is -2.09. The van der Waals surface area contributed by atoms with E-state index in [1.54, 1.807) is 0 Å². The van der Waals surface area contributed by atoms with Gasteiger partial charge >= 0.3 is 0 Å². The van der Waals surface area contributed by atoms with Crippen molar-refractivity contribution in [2.75, 3.05) is 4.90 Å². The number of rotatable bonds is 5. The number of nitrogens with zero attached hydrogens (tertiary/aromatic N) is 3. The molecular weight excluding hydrogens is 635 g/mol. The minimum atomic E-state index is 0.567. The summed E-state index contributed by atoms with van der Waals surface area (Å²) in [5.41, 5.74) is 11.1. The molecule has 0 saturated heterocycles. The summed E-state index contributed by atoms with van der Waals surface area (Å²) >= 11 is 0. The van der Waals surface area contributed by atoms with Gasteiger partial charge in [-0.2, -0.15) is 0 Å². The quantitative estimate of drug-likeness (QED) is 0.182. The average molecular weight is 660 g/mol. The van der Waals surface area contributed by atoms with Crippen LogP contribution in [-0.2, 0) is 0 Å². The third-order valence-electron chi connectivity index (χ3n) is 9.53. The van der Waals surface area contributed by atoms with Crippen molar-refractivity contribution in [3.63, 3.8) is 0 Å². The molecule has 0 aliphatic carbocycles. The molecule has 4 heterocycles. The van der Waals surface area contributed by atoms with Crippen LogP contribution in [0.25, 0.3) is 89.0 Å². The van der Waals surface area contributed by atoms with Crippen molar-refractivity contribution >= 4 is 83.1 Å². The van der Waals surface area contributed by atoms with Crippen LogP contribution in [0.15, 0.2) is 169 Å². The Balaban J connectivity index is 0.982. The van der Waals surface area contributed by atoms with Gasteiger partial charge in [0.15, 0.2) is 11.2 Å². The van der Waals surface area contributed by atoms with Gasteiger partial charge in [-0.25, -0.2) is 9.97 Å². The third kappa shape index (κ3) is 4.45. The van der Waals surface area contributed by atoms with Crippen LogP contribution in [0.5, 0.6) is 0 Å². The Morgan fingerprint density at radius 3 is 1.47 bits per heavy atom. The average Bonchev–Trinajstić information content (AvgIpc) is 3.96. The molecule has 7 heteroatoms. The smallest absolute Gasteiger partial charge is 0.227 e. The van der Waals surface area contributed by atoms with Crippen LogP contribution < -0.4 is 4.90 Å². The van der Waals surface area contributed by atoms with E-state index < -0.39 is 0 Å². The zero-order chi connectivity index (χ0) is 33.5. The van der Waals surface area contributed by atoms with Gasteiger partial charge in [0, 0.05) is 55.8 Å². The number of hydrogen-bond acceptors (Lipinski definition) is 7. The summed E-state index contributed by atoms with van der Waals surface area (Å²) in [6, 6.07) is 50.8. The maximum Gasteiger partial charge on any atom is 0.227 e. The Labute approximate surface area is 289 Å². The molecule has 0 bridgehead atoms. The topological polar surface area (TPSA) is 81.6 Å². The molecule has 0 atom stereocenters. The lowest BCUT2D eigenvalue weighted by Gasteiger charge is -2.25. The normalized spacial score (nSPS) is 11.9. The van der Waals surface area contributed by atoms with Crippen LogP contribution in [0.2, 0.25) is 0 Å². The Morgan fingerprint density at radius 1 is 0.333 bits per heavy atom. The summed E-state index contributed by atoms with van der Waals surface area (Å²) in [6.07, 6.45) is 0. The first-order chi connectivity index (χ1) is 25.2. The lowest BCUT2D eigenvalue weighted by atomic mass is 10.1. The minimum absolute atomic E-state index is 0.567. The predicted molar refractivity (Wildman–Crippen MR) is 202 cm³/mol. The lowest BCUT2D eigenvalue weighted by molar-refractivity contribution is 0.619. The third-order valence-corrected chi connectivity index (χ3v) is 9.53. The molecule has 0 amide bonds. The van der Waals surface area contributed by atoms with E-state index in [2.05, 4.69) is 75.5 Å². The van der Waals surface area contributed by atoms with Crippen LogP contribution in [0.3, 0.4) is 0 Å². The Kier molecular flexibility index (Phi) is 5.83. The summed E-state index contributed by atoms with van der Waals surface area (Å²) in [5.74, 6) is 1.16. The first-order valence-electron chi connectivity index (χ1n) is 16.7. The summed E-state index contributed by atoms with van der Waals surface area (Å²) < 4.78 is 25.0. The number of aromatic nitrogens is 2. The SMILES string of the molecule is c1ccc(N(c2ccc(-c3nc4ccccc4o3)cc2)c2ccc3c(c2)oc2cc4c(cc23)oc2cc(-c3nc5ccccc5o3)ccc24)cc1. The summed E-state index contributed by atoms with van der Waals surface area (Å²) in [5, 5.41) is 4.01. The zero-order valence-electron chi connectivity index (χ0n) is 26.9. The van der Waals surface area contributed by atoms with Gasteiger partial charge in [0.1, 0.15) is 33.4 Å². The largest absolute Gasteiger partial charge is 0.456 e. The molecule has 0 saturated carbocycles. The Hall–Kier alpha value is -7.12. The maximum atomic E-state index is 6.56. The summed E-state index contributed by atoms with van der Waals surface area (Å²) in [6.45, 7) is 0. The van der Waals surface area contributed by atoms with Crippen molar-refractivity contribution < 1.29 is 17.7 Å². The van der Waals surface area contributed by atoms with E-state index in [-0.39, 0.29) is 0 Å². The molecule has 11 rings (SSSR count). The summed E-state index contributed by atoms with van der Waals surface area (Å²) in [4.78, 5) is 11.6. The van der Waals surface area contributed by atoms with Gasteiger partial charge in [-0.3, -0.25) is 0 Å². The van der Waals surface area contributed by atoms with Gasteiger partial charge in [0.05, 0.1) is 0 Å². The molecule has 0 radical (unpaired) electrons. The van der Waals surface area contributed by atoms with Crippen molar-refractivity contribution in [3.05, 3.63) is 152 Å². The van der Waals surface area contributed by atoms with Crippen LogP contribution in [0.4, 0.5) is 17.1 Å². The van der Waals surface area contributed by atoms with Crippen molar-refractivity contribution in [2.24, 2.45) is 0 Å². The molecule has 0 fully saturated rings. The van der Waals surface area contributed by atoms with Gasteiger partial charge in [-0.05, 0) is 103 Å². The highest BCUT2D eigenvalue weighted by molar-refractivity contribution is 6.15. The fourth-order valence-electron chi connectivity index (χ4n) is 7.07. The van der Waals surface area contributed by atoms with Crippen molar-refractivity contribution in [2.45, 2.75) is 0 Å². The minimum Gasteiger partial charge on any atom is -0.456 e. The Morgan fingerprint density at radius 2 is 0.824 bits per heavy atom. The van der Waals surface area contributed by atoms with Gasteiger partial charge in [0.25, 0.3) is 0 Å². The number of benzene rings is 7. The zero-order valence-corrected chi connectivity index (χ0v) is 26.9. The van der Waals surface area contributed by atoms with E-state index >= 15 is 0 Å². The van der Waals surface area contributed by atoms with E-state index in [9.17, 15) is 0 Å². The van der Waals surface area contributed by atoms with E-state index in [4.69, 9.17) is 17.7 Å². The van der Waals surface area contributed by atoms with Crippen LogP contribution in [0, 0.1) is 0 Å². The van der Waals surface area contributed by atoms with E-state index in [0.717, 1.165) is 94.3 Å². The molecule has 240 valence electrons. The standard InChI is InChI=1S/C44H25N3O4/c1-2-8-28(9-3-1)47(29-17-14-26(15-18-29)43-45-35-10-4-6-12-37(35)50-43)30-19-21-32-34-25-41-33(24-42(34)49-40(32)23-30)31-20-16-27(22-39(31)48-41)44-46-36-11-5-7-13-38(36)51-44/h1-25H. The van der Waals surface area contributed by atoms with E-state index in [1.165, 1.54) is 0 Å². The fourth-order valence-corrected chi connectivity index (χ4v) is 7.07. The second-order valence-corrected chi connectivity index (χ2v) is 12.6. The number of hydrogen-bond donors (Lipinski definition) is 0. The number of fused-ring (bicyclic) bond motifs is 8. The van der Waals surface area contributed by atoms with Crippen LogP contribution in [0.1, 0.15) is 0 Å². The molecule has 0 N–H and O–H groups in total. The number of para-hydroxylation sites is 5. The molecule has 0 aliphatic heterocycles. The number of furan rings is 2. The Bertz CT molecular complexity index is 3030.